The third-order valence-electron chi connectivity index (χ3n) is 3.24. The van der Waals surface area contributed by atoms with E-state index in [1.54, 1.807) is 6.20 Å². The first-order valence-electron chi connectivity index (χ1n) is 5.97. The predicted octanol–water partition coefficient (Wildman–Crippen LogP) is 3.43. The normalized spacial score (nSPS) is 11.0. The summed E-state index contributed by atoms with van der Waals surface area (Å²) in [6.45, 7) is 4.11. The van der Waals surface area contributed by atoms with Gasteiger partial charge in [-0.25, -0.2) is 4.98 Å². The van der Waals surface area contributed by atoms with Crippen molar-refractivity contribution in [3.8, 4) is 11.1 Å². The van der Waals surface area contributed by atoms with Crippen molar-refractivity contribution < 1.29 is 0 Å². The number of fused-ring (bicyclic) bond motifs is 1. The molecule has 0 fully saturated rings. The van der Waals surface area contributed by atoms with Gasteiger partial charge >= 0.3 is 0 Å². The summed E-state index contributed by atoms with van der Waals surface area (Å²) >= 11 is 0. The molecule has 0 spiro atoms. The van der Waals surface area contributed by atoms with Gasteiger partial charge < -0.3 is 10.7 Å². The Morgan fingerprint density at radius 3 is 2.67 bits per heavy atom. The third kappa shape index (κ3) is 1.56. The smallest absolute Gasteiger partial charge is 0.140 e. The maximum Gasteiger partial charge on any atom is 0.140 e. The molecule has 0 radical (unpaired) electrons. The predicted molar refractivity (Wildman–Crippen MR) is 75.4 cm³/mol. The number of pyridine rings is 1. The van der Waals surface area contributed by atoms with Crippen molar-refractivity contribution in [3.63, 3.8) is 0 Å². The Morgan fingerprint density at radius 2 is 1.89 bits per heavy atom. The molecule has 90 valence electrons. The molecule has 0 unspecified atom stereocenters. The highest BCUT2D eigenvalue weighted by atomic mass is 14.9. The van der Waals surface area contributed by atoms with E-state index >= 15 is 0 Å². The maximum absolute atomic E-state index is 6.04. The Labute approximate surface area is 106 Å². The number of nitrogens with one attached hydrogen (secondary N) is 1. The number of aromatic amines is 1. The summed E-state index contributed by atoms with van der Waals surface area (Å²) in [7, 11) is 0. The summed E-state index contributed by atoms with van der Waals surface area (Å²) in [4.78, 5) is 7.60. The van der Waals surface area contributed by atoms with Gasteiger partial charge in [0.1, 0.15) is 5.65 Å². The molecule has 0 amide bonds. The van der Waals surface area contributed by atoms with Crippen molar-refractivity contribution in [2.75, 3.05) is 5.73 Å². The van der Waals surface area contributed by atoms with Crippen molar-refractivity contribution in [3.05, 3.63) is 47.8 Å². The topological polar surface area (TPSA) is 54.7 Å². The van der Waals surface area contributed by atoms with Gasteiger partial charge in [-0.15, -0.1) is 0 Å². The zero-order valence-corrected chi connectivity index (χ0v) is 10.5. The lowest BCUT2D eigenvalue weighted by Crippen LogP contribution is -1.91. The number of nitrogen functional groups attached to an aromatic ring is 1. The van der Waals surface area contributed by atoms with Crippen LogP contribution in [-0.4, -0.2) is 9.97 Å². The number of nitrogens with two attached hydrogens (primary N) is 1. The molecule has 3 N–H and O–H groups in total. The van der Waals surface area contributed by atoms with Gasteiger partial charge in [-0.1, -0.05) is 24.3 Å². The summed E-state index contributed by atoms with van der Waals surface area (Å²) in [5.41, 5.74) is 12.2. The SMILES string of the molecule is Cc1cc(-c2ccccc2C)c2c(N)c[nH]c2n1. The fourth-order valence-electron chi connectivity index (χ4n) is 2.38. The molecule has 18 heavy (non-hydrogen) atoms. The third-order valence-corrected chi connectivity index (χ3v) is 3.24. The summed E-state index contributed by atoms with van der Waals surface area (Å²) in [5, 5.41) is 1.01. The van der Waals surface area contributed by atoms with E-state index in [1.165, 1.54) is 11.1 Å². The minimum absolute atomic E-state index is 0.746. The van der Waals surface area contributed by atoms with Crippen LogP contribution < -0.4 is 5.73 Å². The molecule has 0 saturated heterocycles. The van der Waals surface area contributed by atoms with Crippen molar-refractivity contribution in [2.24, 2.45) is 0 Å². The number of benzene rings is 1. The number of anilines is 1. The highest BCUT2D eigenvalue weighted by Gasteiger charge is 2.11. The highest BCUT2D eigenvalue weighted by Crippen LogP contribution is 2.33. The van der Waals surface area contributed by atoms with Crippen molar-refractivity contribution in [1.82, 2.24) is 9.97 Å². The fraction of sp³-hybridized carbons (Fsp3) is 0.133. The molecule has 0 bridgehead atoms. The number of rotatable bonds is 1. The molecular formula is C15H15N3. The first-order valence-corrected chi connectivity index (χ1v) is 5.97. The quantitative estimate of drug-likeness (QED) is 0.681. The van der Waals surface area contributed by atoms with E-state index in [0.29, 0.717) is 0 Å². The second kappa shape index (κ2) is 3.88. The number of aromatic nitrogens is 2. The molecular weight excluding hydrogens is 222 g/mol. The zero-order chi connectivity index (χ0) is 12.7. The average Bonchev–Trinajstić information content (AvgIpc) is 2.71. The molecule has 0 aliphatic heterocycles. The molecule has 0 aliphatic carbocycles. The lowest BCUT2D eigenvalue weighted by atomic mass is 9.98. The summed E-state index contributed by atoms with van der Waals surface area (Å²) in [6.07, 6.45) is 1.80. The summed E-state index contributed by atoms with van der Waals surface area (Å²) in [5.74, 6) is 0. The van der Waals surface area contributed by atoms with E-state index in [0.717, 1.165) is 28.0 Å². The van der Waals surface area contributed by atoms with Gasteiger partial charge in [-0.2, -0.15) is 0 Å². The van der Waals surface area contributed by atoms with Crippen LogP contribution in [0.1, 0.15) is 11.3 Å². The van der Waals surface area contributed by atoms with Crippen LogP contribution in [0.25, 0.3) is 22.2 Å². The summed E-state index contributed by atoms with van der Waals surface area (Å²) < 4.78 is 0. The largest absolute Gasteiger partial charge is 0.397 e. The minimum Gasteiger partial charge on any atom is -0.397 e. The lowest BCUT2D eigenvalue weighted by molar-refractivity contribution is 1.22. The van der Waals surface area contributed by atoms with Crippen LogP contribution >= 0.6 is 0 Å². The fourth-order valence-corrected chi connectivity index (χ4v) is 2.38. The monoisotopic (exact) mass is 237 g/mol. The Balaban J connectivity index is 2.41. The van der Waals surface area contributed by atoms with E-state index in [1.807, 2.05) is 19.1 Å². The lowest BCUT2D eigenvalue weighted by Gasteiger charge is -2.09. The molecule has 3 heteroatoms. The van der Waals surface area contributed by atoms with E-state index in [-0.39, 0.29) is 0 Å². The van der Waals surface area contributed by atoms with Crippen LogP contribution in [-0.2, 0) is 0 Å². The Morgan fingerprint density at radius 1 is 1.11 bits per heavy atom. The Bertz CT molecular complexity index is 726. The maximum atomic E-state index is 6.04. The number of hydrogen-bond acceptors (Lipinski definition) is 2. The first kappa shape index (κ1) is 10.8. The molecule has 0 saturated carbocycles. The molecule has 3 nitrogen and oxygen atoms in total. The highest BCUT2D eigenvalue weighted by molar-refractivity contribution is 6.02. The standard InChI is InChI=1S/C15H15N3/c1-9-5-3-4-6-11(9)12-7-10(2)18-15-14(12)13(16)8-17-15/h3-8H,16H2,1-2H3,(H,17,18). The molecule has 2 heterocycles. The van der Waals surface area contributed by atoms with E-state index in [4.69, 9.17) is 5.73 Å². The van der Waals surface area contributed by atoms with Gasteiger partial charge in [0.05, 0.1) is 5.69 Å². The van der Waals surface area contributed by atoms with Crippen LogP contribution in [0, 0.1) is 13.8 Å². The second-order valence-corrected chi connectivity index (χ2v) is 4.59. The Kier molecular flexibility index (Phi) is 2.33. The minimum atomic E-state index is 0.746. The summed E-state index contributed by atoms with van der Waals surface area (Å²) in [6, 6.07) is 10.4. The average molecular weight is 237 g/mol. The zero-order valence-electron chi connectivity index (χ0n) is 10.5. The first-order chi connectivity index (χ1) is 8.66. The second-order valence-electron chi connectivity index (χ2n) is 4.59. The van der Waals surface area contributed by atoms with Crippen molar-refractivity contribution in [2.45, 2.75) is 13.8 Å². The number of hydrogen-bond donors (Lipinski definition) is 2. The van der Waals surface area contributed by atoms with Crippen molar-refractivity contribution in [1.29, 1.82) is 0 Å². The van der Waals surface area contributed by atoms with Gasteiger partial charge in [0.25, 0.3) is 0 Å². The van der Waals surface area contributed by atoms with E-state index < -0.39 is 0 Å². The number of aryl methyl sites for hydroxylation is 2. The van der Waals surface area contributed by atoms with Gasteiger partial charge in [0.2, 0.25) is 0 Å². The molecule has 3 rings (SSSR count). The molecule has 1 aromatic carbocycles. The molecule has 0 aliphatic rings. The van der Waals surface area contributed by atoms with Crippen LogP contribution in [0.2, 0.25) is 0 Å². The van der Waals surface area contributed by atoms with Gasteiger partial charge in [-0.3, -0.25) is 0 Å². The van der Waals surface area contributed by atoms with Crippen LogP contribution in [0.3, 0.4) is 0 Å². The Hall–Kier alpha value is -2.29. The van der Waals surface area contributed by atoms with Crippen LogP contribution in [0.4, 0.5) is 5.69 Å². The number of H-pyrrole nitrogens is 1. The van der Waals surface area contributed by atoms with Gasteiger partial charge in [0.15, 0.2) is 0 Å². The van der Waals surface area contributed by atoms with Gasteiger partial charge in [0, 0.05) is 17.3 Å². The van der Waals surface area contributed by atoms with Gasteiger partial charge in [-0.05, 0) is 36.6 Å². The van der Waals surface area contributed by atoms with E-state index in [9.17, 15) is 0 Å². The van der Waals surface area contributed by atoms with Crippen molar-refractivity contribution >= 4 is 16.7 Å². The van der Waals surface area contributed by atoms with Crippen LogP contribution in [0.5, 0.6) is 0 Å². The molecule has 2 aromatic heterocycles. The molecule has 0 atom stereocenters. The van der Waals surface area contributed by atoms with E-state index in [2.05, 4.69) is 35.1 Å². The number of nitrogens with zero attached hydrogens (tertiary/aromatic N) is 1. The molecule has 3 aromatic rings. The van der Waals surface area contributed by atoms with Crippen LogP contribution in [0.15, 0.2) is 36.5 Å².